The number of hydrogen-bond acceptors (Lipinski definition) is 5. The number of carbonyl (C=O) groups is 1. The van der Waals surface area contributed by atoms with Gasteiger partial charge >= 0.3 is 0 Å². The van der Waals surface area contributed by atoms with Crippen LogP contribution in [-0.4, -0.2) is 27.0 Å². The van der Waals surface area contributed by atoms with E-state index < -0.39 is 0 Å². The van der Waals surface area contributed by atoms with Crippen LogP contribution in [0.4, 0.5) is 23.0 Å². The Morgan fingerprint density at radius 1 is 0.967 bits per heavy atom. The molecule has 7 heteroatoms. The normalized spacial score (nSPS) is 10.7. The first kappa shape index (κ1) is 19.4. The van der Waals surface area contributed by atoms with Crippen LogP contribution in [0.15, 0.2) is 66.9 Å². The van der Waals surface area contributed by atoms with Gasteiger partial charge in [0.05, 0.1) is 0 Å². The Bertz CT molecular complexity index is 1170. The number of carbonyl (C=O) groups excluding carboxylic acids is 1. The van der Waals surface area contributed by atoms with Gasteiger partial charge in [-0.1, -0.05) is 18.2 Å². The number of hydrogen-bond donors (Lipinski definition) is 3. The van der Waals surface area contributed by atoms with Gasteiger partial charge in [-0.25, -0.2) is 9.97 Å². The second-order valence-electron chi connectivity index (χ2n) is 6.97. The fourth-order valence-electron chi connectivity index (χ4n) is 3.32. The Balaban J connectivity index is 1.39. The summed E-state index contributed by atoms with van der Waals surface area (Å²) in [6, 6.07) is 19.5. The van der Waals surface area contributed by atoms with Crippen LogP contribution in [-0.2, 0) is 11.3 Å². The first-order valence-corrected chi connectivity index (χ1v) is 9.91. The molecule has 2 heterocycles. The number of nitrogens with zero attached hydrogens (tertiary/aromatic N) is 3. The van der Waals surface area contributed by atoms with Gasteiger partial charge in [0.2, 0.25) is 5.91 Å². The van der Waals surface area contributed by atoms with Crippen LogP contribution in [0.5, 0.6) is 0 Å². The lowest BCUT2D eigenvalue weighted by molar-refractivity contribution is -0.116. The molecule has 1 amide bonds. The first-order chi connectivity index (χ1) is 14.6. The Morgan fingerprint density at radius 2 is 1.70 bits per heavy atom. The van der Waals surface area contributed by atoms with E-state index >= 15 is 0 Å². The molecular formula is C23H24N6O. The maximum atomic E-state index is 12.5. The highest BCUT2D eigenvalue weighted by Crippen LogP contribution is 2.20. The molecule has 3 N–H and O–H groups in total. The lowest BCUT2D eigenvalue weighted by atomic mass is 10.2. The maximum absolute atomic E-state index is 12.5. The van der Waals surface area contributed by atoms with Crippen LogP contribution in [0.1, 0.15) is 12.7 Å². The second kappa shape index (κ2) is 8.65. The van der Waals surface area contributed by atoms with Gasteiger partial charge in [-0.15, -0.1) is 0 Å². The molecule has 0 aliphatic carbocycles. The van der Waals surface area contributed by atoms with Crippen molar-refractivity contribution in [3.05, 3.63) is 72.7 Å². The van der Waals surface area contributed by atoms with Gasteiger partial charge in [-0.05, 0) is 55.6 Å². The third kappa shape index (κ3) is 4.57. The molecule has 30 heavy (non-hydrogen) atoms. The number of nitrogens with one attached hydrogen (secondary N) is 3. The number of anilines is 4. The summed E-state index contributed by atoms with van der Waals surface area (Å²) in [5.41, 5.74) is 2.67. The number of rotatable bonds is 7. The smallest absolute Gasteiger partial charge is 0.244 e. The summed E-state index contributed by atoms with van der Waals surface area (Å²) in [5.74, 6) is 2.12. The van der Waals surface area contributed by atoms with Gasteiger partial charge in [0.25, 0.3) is 0 Å². The monoisotopic (exact) mass is 400 g/mol. The molecule has 4 aromatic rings. The molecule has 2 aromatic carbocycles. The first-order valence-electron chi connectivity index (χ1n) is 9.91. The molecule has 0 spiro atoms. The van der Waals surface area contributed by atoms with E-state index in [0.29, 0.717) is 5.82 Å². The number of fused-ring (bicyclic) bond motifs is 1. The average molecular weight is 400 g/mol. The van der Waals surface area contributed by atoms with Crippen molar-refractivity contribution < 1.29 is 4.79 Å². The molecule has 0 saturated heterocycles. The van der Waals surface area contributed by atoms with E-state index in [0.717, 1.165) is 40.5 Å². The summed E-state index contributed by atoms with van der Waals surface area (Å²) >= 11 is 0. The zero-order chi connectivity index (χ0) is 20.9. The Kier molecular flexibility index (Phi) is 5.61. The minimum absolute atomic E-state index is 0.0706. The Morgan fingerprint density at radius 3 is 2.50 bits per heavy atom. The highest BCUT2D eigenvalue weighted by atomic mass is 16.1. The molecule has 152 valence electrons. The summed E-state index contributed by atoms with van der Waals surface area (Å²) in [7, 11) is 0. The molecule has 0 saturated carbocycles. The minimum atomic E-state index is -0.0706. The topological polar surface area (TPSA) is 83.9 Å². The van der Waals surface area contributed by atoms with Crippen molar-refractivity contribution in [3.63, 3.8) is 0 Å². The molecule has 0 unspecified atom stereocenters. The molecule has 0 radical (unpaired) electrons. The third-order valence-electron chi connectivity index (χ3n) is 4.63. The molecule has 0 aliphatic heterocycles. The van der Waals surface area contributed by atoms with E-state index in [9.17, 15) is 4.79 Å². The summed E-state index contributed by atoms with van der Waals surface area (Å²) in [6.45, 7) is 4.94. The van der Waals surface area contributed by atoms with Gasteiger partial charge in [0, 0.05) is 35.7 Å². The summed E-state index contributed by atoms with van der Waals surface area (Å²) < 4.78 is 1.94. The molecule has 7 nitrogen and oxygen atoms in total. The fourth-order valence-corrected chi connectivity index (χ4v) is 3.32. The van der Waals surface area contributed by atoms with Crippen molar-refractivity contribution in [3.8, 4) is 0 Å². The highest BCUT2D eigenvalue weighted by Gasteiger charge is 2.07. The zero-order valence-corrected chi connectivity index (χ0v) is 17.0. The largest absolute Gasteiger partial charge is 0.370 e. The van der Waals surface area contributed by atoms with E-state index in [1.807, 2.05) is 85.3 Å². The summed E-state index contributed by atoms with van der Waals surface area (Å²) in [4.78, 5) is 21.2. The number of benzene rings is 2. The molecule has 0 fully saturated rings. The lowest BCUT2D eigenvalue weighted by Gasteiger charge is -2.11. The van der Waals surface area contributed by atoms with Crippen LogP contribution in [0.25, 0.3) is 10.9 Å². The van der Waals surface area contributed by atoms with Crippen LogP contribution >= 0.6 is 0 Å². The van der Waals surface area contributed by atoms with Gasteiger partial charge in [0.1, 0.15) is 24.0 Å². The number of aryl methyl sites for hydroxylation is 1. The standard InChI is InChI=1S/C23H24N6O/c1-3-24-21-14-22(26-16(2)25-21)27-18-8-10-19(11-9-18)28-23(30)15-29-13-12-17-6-4-5-7-20(17)29/h4-14H,3,15H2,1-2H3,(H,28,30)(H2,24,25,26,27). The van der Waals surface area contributed by atoms with Crippen molar-refractivity contribution in [1.82, 2.24) is 14.5 Å². The average Bonchev–Trinajstić information content (AvgIpc) is 3.12. The second-order valence-corrected chi connectivity index (χ2v) is 6.97. The van der Waals surface area contributed by atoms with Gasteiger partial charge < -0.3 is 20.5 Å². The van der Waals surface area contributed by atoms with E-state index in [-0.39, 0.29) is 12.5 Å². The van der Waals surface area contributed by atoms with Crippen molar-refractivity contribution in [2.45, 2.75) is 20.4 Å². The van der Waals surface area contributed by atoms with Gasteiger partial charge in [-0.3, -0.25) is 4.79 Å². The number of amides is 1. The van der Waals surface area contributed by atoms with Crippen molar-refractivity contribution in [2.24, 2.45) is 0 Å². The SMILES string of the molecule is CCNc1cc(Nc2ccc(NC(=O)Cn3ccc4ccccc43)cc2)nc(C)n1. The summed E-state index contributed by atoms with van der Waals surface area (Å²) in [6.07, 6.45) is 1.93. The summed E-state index contributed by atoms with van der Waals surface area (Å²) in [5, 5.41) is 10.5. The predicted molar refractivity (Wildman–Crippen MR) is 121 cm³/mol. The van der Waals surface area contributed by atoms with Crippen molar-refractivity contribution in [2.75, 3.05) is 22.5 Å². The van der Waals surface area contributed by atoms with Crippen molar-refractivity contribution in [1.29, 1.82) is 0 Å². The Hall–Kier alpha value is -3.87. The van der Waals surface area contributed by atoms with Crippen LogP contribution in [0, 0.1) is 6.92 Å². The van der Waals surface area contributed by atoms with Crippen LogP contribution in [0.2, 0.25) is 0 Å². The molecule has 0 atom stereocenters. The quantitative estimate of drug-likeness (QED) is 0.424. The third-order valence-corrected chi connectivity index (χ3v) is 4.63. The minimum Gasteiger partial charge on any atom is -0.370 e. The van der Waals surface area contributed by atoms with Crippen molar-refractivity contribution >= 4 is 39.8 Å². The zero-order valence-electron chi connectivity index (χ0n) is 17.0. The molecule has 0 aliphatic rings. The fraction of sp³-hybridized carbons (Fsp3) is 0.174. The van der Waals surface area contributed by atoms with Gasteiger partial charge in [0.15, 0.2) is 0 Å². The van der Waals surface area contributed by atoms with E-state index in [1.54, 1.807) is 0 Å². The van der Waals surface area contributed by atoms with Crippen LogP contribution in [0.3, 0.4) is 0 Å². The molecular weight excluding hydrogens is 376 g/mol. The number of para-hydroxylation sites is 1. The lowest BCUT2D eigenvalue weighted by Crippen LogP contribution is -2.18. The van der Waals surface area contributed by atoms with E-state index in [1.165, 1.54) is 0 Å². The Labute approximate surface area is 175 Å². The molecule has 2 aromatic heterocycles. The predicted octanol–water partition coefficient (Wildman–Crippen LogP) is 4.55. The maximum Gasteiger partial charge on any atom is 0.244 e. The highest BCUT2D eigenvalue weighted by molar-refractivity contribution is 5.92. The van der Waals surface area contributed by atoms with E-state index in [2.05, 4.69) is 25.9 Å². The van der Waals surface area contributed by atoms with Gasteiger partial charge in [-0.2, -0.15) is 0 Å². The number of aromatic nitrogens is 3. The van der Waals surface area contributed by atoms with Crippen LogP contribution < -0.4 is 16.0 Å². The van der Waals surface area contributed by atoms with E-state index in [4.69, 9.17) is 0 Å². The molecule has 4 rings (SSSR count). The molecule has 0 bridgehead atoms.